The van der Waals surface area contributed by atoms with Crippen molar-refractivity contribution >= 4 is 22.8 Å². The molecule has 0 heterocycles. The van der Waals surface area contributed by atoms with Crippen LogP contribution in [0.25, 0.3) is 11.1 Å². The maximum Gasteiger partial charge on any atom is 2.00 e. The van der Waals surface area contributed by atoms with Gasteiger partial charge in [-0.15, -0.1) is 0 Å². The van der Waals surface area contributed by atoms with E-state index in [1.165, 1.54) is 59.9 Å². The van der Waals surface area contributed by atoms with E-state index in [0.717, 1.165) is 54.9 Å². The Morgan fingerprint density at radius 3 is 1.78 bits per heavy atom. The SMILES string of the molecule is CCCCc1cc(N=C(CC)C(C)=Nc2ccc(CCCC)c(-c3ccccc3)c2)ccc1CC.[CH2-]CCC.[CH3-].[Ni+2]. The van der Waals surface area contributed by atoms with Crippen molar-refractivity contribution in [2.45, 2.75) is 106 Å². The third-order valence-electron chi connectivity index (χ3n) is 7.02. The van der Waals surface area contributed by atoms with Crippen molar-refractivity contribution in [3.8, 4) is 11.1 Å². The van der Waals surface area contributed by atoms with Crippen molar-refractivity contribution in [2.24, 2.45) is 9.98 Å². The zero-order valence-electron chi connectivity index (χ0n) is 26.8. The molecule has 3 heteroatoms. The molecule has 0 fully saturated rings. The monoisotopic (exact) mass is 596 g/mol. The summed E-state index contributed by atoms with van der Waals surface area (Å²) in [5, 5.41) is 0. The van der Waals surface area contributed by atoms with Gasteiger partial charge in [0, 0.05) is 0 Å². The molecule has 0 saturated heterocycles. The van der Waals surface area contributed by atoms with Gasteiger partial charge in [0.1, 0.15) is 0 Å². The zero-order chi connectivity index (χ0) is 28.5. The summed E-state index contributed by atoms with van der Waals surface area (Å²) in [7, 11) is 0. The predicted octanol–water partition coefficient (Wildman–Crippen LogP) is 11.9. The minimum Gasteiger partial charge on any atom is -0.358 e. The molecule has 3 aromatic carbocycles. The fourth-order valence-electron chi connectivity index (χ4n) is 4.56. The van der Waals surface area contributed by atoms with Gasteiger partial charge in [-0.3, -0.25) is 9.98 Å². The number of nitrogens with zero attached hydrogens (tertiary/aromatic N) is 2. The van der Waals surface area contributed by atoms with Gasteiger partial charge in [0.15, 0.2) is 0 Å². The number of aryl methyl sites for hydroxylation is 3. The van der Waals surface area contributed by atoms with Gasteiger partial charge in [0.25, 0.3) is 0 Å². The van der Waals surface area contributed by atoms with Crippen molar-refractivity contribution in [2.75, 3.05) is 0 Å². The molecule has 2 nitrogen and oxygen atoms in total. The van der Waals surface area contributed by atoms with Crippen molar-refractivity contribution in [1.82, 2.24) is 0 Å². The molecule has 226 valence electrons. The van der Waals surface area contributed by atoms with Crippen molar-refractivity contribution < 1.29 is 16.5 Å². The maximum absolute atomic E-state index is 5.04. The third kappa shape index (κ3) is 12.9. The van der Waals surface area contributed by atoms with E-state index >= 15 is 0 Å². The predicted molar refractivity (Wildman–Crippen MR) is 182 cm³/mol. The Kier molecular flexibility index (Phi) is 20.8. The van der Waals surface area contributed by atoms with E-state index in [0.29, 0.717) is 0 Å². The molecule has 0 aromatic heterocycles. The first kappa shape index (κ1) is 38.5. The number of hydrogen-bond donors (Lipinski definition) is 0. The normalized spacial score (nSPS) is 11.2. The fourth-order valence-corrected chi connectivity index (χ4v) is 4.56. The first-order valence-electron chi connectivity index (χ1n) is 15.2. The molecule has 3 aromatic rings. The van der Waals surface area contributed by atoms with Gasteiger partial charge in [-0.2, -0.15) is 6.42 Å². The van der Waals surface area contributed by atoms with E-state index in [1.54, 1.807) is 0 Å². The van der Waals surface area contributed by atoms with E-state index in [9.17, 15) is 0 Å². The number of benzene rings is 3. The van der Waals surface area contributed by atoms with E-state index < -0.39 is 0 Å². The summed E-state index contributed by atoms with van der Waals surface area (Å²) in [6.07, 6.45) is 11.3. The third-order valence-corrected chi connectivity index (χ3v) is 7.02. The maximum atomic E-state index is 5.04. The van der Waals surface area contributed by atoms with Crippen molar-refractivity contribution in [1.29, 1.82) is 0 Å². The van der Waals surface area contributed by atoms with Crippen LogP contribution >= 0.6 is 0 Å². The zero-order valence-corrected chi connectivity index (χ0v) is 27.8. The second-order valence-corrected chi connectivity index (χ2v) is 10.2. The molecule has 0 atom stereocenters. The van der Waals surface area contributed by atoms with Crippen LogP contribution in [0.2, 0.25) is 0 Å². The van der Waals surface area contributed by atoms with Gasteiger partial charge in [0.05, 0.1) is 22.8 Å². The molecule has 0 unspecified atom stereocenters. The van der Waals surface area contributed by atoms with Crippen LogP contribution in [0.5, 0.6) is 0 Å². The second kappa shape index (κ2) is 22.1. The molecular weight excluding hydrogens is 543 g/mol. The van der Waals surface area contributed by atoms with Crippen LogP contribution < -0.4 is 0 Å². The Hall–Kier alpha value is -2.51. The van der Waals surface area contributed by atoms with E-state index in [4.69, 9.17) is 9.98 Å². The van der Waals surface area contributed by atoms with Crippen molar-refractivity contribution in [3.63, 3.8) is 0 Å². The molecular formula is C38H54N2Ni. The molecule has 0 aliphatic heterocycles. The largest absolute Gasteiger partial charge is 2.00 e. The quantitative estimate of drug-likeness (QED) is 0.106. The van der Waals surface area contributed by atoms with Crippen LogP contribution in [0, 0.1) is 14.4 Å². The molecule has 0 amide bonds. The van der Waals surface area contributed by atoms with Crippen LogP contribution in [0.15, 0.2) is 76.7 Å². The summed E-state index contributed by atoms with van der Waals surface area (Å²) in [5.74, 6) is 0. The first-order chi connectivity index (χ1) is 19.0. The van der Waals surface area contributed by atoms with Crippen LogP contribution in [-0.2, 0) is 35.8 Å². The number of hydrogen-bond acceptors (Lipinski definition) is 2. The number of rotatable bonds is 13. The molecule has 0 bridgehead atoms. The van der Waals surface area contributed by atoms with Gasteiger partial charge >= 0.3 is 16.5 Å². The van der Waals surface area contributed by atoms with Gasteiger partial charge in [-0.1, -0.05) is 96.3 Å². The average Bonchev–Trinajstić information content (AvgIpc) is 2.98. The topological polar surface area (TPSA) is 24.7 Å². The standard InChI is InChI=1S/C33H42N2.C4H9.CH3.Ni/c1-6-10-15-28-20-22-31(24-32(28)27-17-13-12-14-18-27)34-25(5)33(9-4)35-30-21-19-26(8-3)29(23-30)16-11-7-2;1-3-4-2;;/h12-14,17-24H,6-11,15-16H2,1-5H3;1,3-4H2,2H3;1H3;/q;2*-1;+2. The molecule has 0 radical (unpaired) electrons. The molecule has 3 rings (SSSR count). The smallest absolute Gasteiger partial charge is 0.358 e. The summed E-state index contributed by atoms with van der Waals surface area (Å²) in [6.45, 7) is 16.7. The minimum absolute atomic E-state index is 0. The first-order valence-corrected chi connectivity index (χ1v) is 15.2. The van der Waals surface area contributed by atoms with Crippen LogP contribution in [0.3, 0.4) is 0 Å². The van der Waals surface area contributed by atoms with Crippen LogP contribution in [0.1, 0.15) is 103 Å². The van der Waals surface area contributed by atoms with Crippen LogP contribution in [0.4, 0.5) is 11.4 Å². The molecule has 0 aliphatic rings. The van der Waals surface area contributed by atoms with Gasteiger partial charge in [-0.05, 0) is 97.5 Å². The Morgan fingerprint density at radius 1 is 0.683 bits per heavy atom. The van der Waals surface area contributed by atoms with Crippen LogP contribution in [-0.4, -0.2) is 11.4 Å². The Labute approximate surface area is 263 Å². The van der Waals surface area contributed by atoms with Crippen molar-refractivity contribution in [3.05, 3.63) is 97.8 Å². The second-order valence-electron chi connectivity index (χ2n) is 10.2. The molecule has 0 aliphatic carbocycles. The van der Waals surface area contributed by atoms with E-state index in [-0.39, 0.29) is 23.9 Å². The van der Waals surface area contributed by atoms with E-state index in [2.05, 4.69) is 115 Å². The summed E-state index contributed by atoms with van der Waals surface area (Å²) < 4.78 is 0. The molecule has 0 saturated carbocycles. The van der Waals surface area contributed by atoms with Gasteiger partial charge < -0.3 is 14.4 Å². The van der Waals surface area contributed by atoms with E-state index in [1.807, 2.05) is 0 Å². The summed E-state index contributed by atoms with van der Waals surface area (Å²) in [5.41, 5.74) is 10.9. The number of aliphatic imine (C=N–C) groups is 2. The van der Waals surface area contributed by atoms with Gasteiger partial charge in [-0.25, -0.2) is 0 Å². The Bertz CT molecular complexity index is 1180. The molecule has 0 N–H and O–H groups in total. The number of unbranched alkanes of at least 4 members (excludes halogenated alkanes) is 3. The summed E-state index contributed by atoms with van der Waals surface area (Å²) in [6, 6.07) is 24.1. The molecule has 41 heavy (non-hydrogen) atoms. The average molecular weight is 598 g/mol. The summed E-state index contributed by atoms with van der Waals surface area (Å²) in [4.78, 5) is 10.1. The Morgan fingerprint density at radius 2 is 1.24 bits per heavy atom. The minimum atomic E-state index is 0. The molecule has 0 spiro atoms. The fraction of sp³-hybridized carbons (Fsp3) is 0.421. The Balaban J connectivity index is 0.00000250. The summed E-state index contributed by atoms with van der Waals surface area (Å²) >= 11 is 0. The van der Waals surface area contributed by atoms with Gasteiger partial charge in [0.2, 0.25) is 0 Å².